The first kappa shape index (κ1) is 14.3. The number of hydrogen-bond acceptors (Lipinski definition) is 3. The summed E-state index contributed by atoms with van der Waals surface area (Å²) in [5, 5.41) is 0. The molecule has 0 unspecified atom stereocenters. The molecule has 1 aliphatic carbocycles. The van der Waals surface area contributed by atoms with E-state index in [0.717, 1.165) is 31.7 Å². The largest absolute Gasteiger partial charge is 0.399 e. The van der Waals surface area contributed by atoms with Gasteiger partial charge < -0.3 is 5.73 Å². The number of nitrogens with zero attached hydrogens (tertiary/aromatic N) is 1. The summed E-state index contributed by atoms with van der Waals surface area (Å²) in [7, 11) is -3.81. The van der Waals surface area contributed by atoms with E-state index in [0.29, 0.717) is 6.54 Å². The molecule has 2 rings (SSSR count). The van der Waals surface area contributed by atoms with Crippen molar-refractivity contribution in [3.05, 3.63) is 24.0 Å². The zero-order chi connectivity index (χ0) is 14.0. The number of benzene rings is 1. The van der Waals surface area contributed by atoms with Crippen LogP contribution in [-0.4, -0.2) is 25.3 Å². The summed E-state index contributed by atoms with van der Waals surface area (Å²) in [6.07, 6.45) is 3.74. The molecule has 0 spiro atoms. The lowest BCUT2D eigenvalue weighted by atomic mass is 10.2. The van der Waals surface area contributed by atoms with Gasteiger partial charge in [-0.15, -0.1) is 0 Å². The summed E-state index contributed by atoms with van der Waals surface area (Å²) in [6.45, 7) is 2.13. The molecule has 6 heteroatoms. The molecule has 0 saturated heterocycles. The standard InChI is InChI=1S/C13H19FN2O2S/c1-2-16(11-5-3-4-6-11)19(17,18)13-9-10(15)7-8-12(13)14/h7-9,11H,2-6,15H2,1H3. The first-order valence-electron chi connectivity index (χ1n) is 6.53. The van der Waals surface area contributed by atoms with Crippen molar-refractivity contribution in [2.45, 2.75) is 43.5 Å². The van der Waals surface area contributed by atoms with Gasteiger partial charge in [-0.2, -0.15) is 4.31 Å². The van der Waals surface area contributed by atoms with Gasteiger partial charge in [0.15, 0.2) is 0 Å². The molecule has 1 fully saturated rings. The van der Waals surface area contributed by atoms with E-state index in [1.807, 2.05) is 0 Å². The van der Waals surface area contributed by atoms with Crippen molar-refractivity contribution in [2.75, 3.05) is 12.3 Å². The van der Waals surface area contributed by atoms with E-state index in [1.54, 1.807) is 6.92 Å². The summed E-state index contributed by atoms with van der Waals surface area (Å²) in [4.78, 5) is -0.318. The Morgan fingerprint density at radius 2 is 2.00 bits per heavy atom. The molecule has 4 nitrogen and oxygen atoms in total. The van der Waals surface area contributed by atoms with Crippen LogP contribution >= 0.6 is 0 Å². The number of halogens is 1. The third kappa shape index (κ3) is 2.74. The number of rotatable bonds is 4. The zero-order valence-electron chi connectivity index (χ0n) is 11.0. The van der Waals surface area contributed by atoms with Crippen molar-refractivity contribution in [3.8, 4) is 0 Å². The lowest BCUT2D eigenvalue weighted by molar-refractivity contribution is 0.334. The molecule has 0 amide bonds. The normalized spacial score (nSPS) is 17.2. The van der Waals surface area contributed by atoms with E-state index in [2.05, 4.69) is 0 Å². The van der Waals surface area contributed by atoms with Crippen molar-refractivity contribution < 1.29 is 12.8 Å². The fourth-order valence-corrected chi connectivity index (χ4v) is 4.46. The van der Waals surface area contributed by atoms with Gasteiger partial charge in [-0.25, -0.2) is 12.8 Å². The Labute approximate surface area is 113 Å². The van der Waals surface area contributed by atoms with E-state index < -0.39 is 15.8 Å². The number of hydrogen-bond donors (Lipinski definition) is 1. The molecule has 0 heterocycles. The van der Waals surface area contributed by atoms with E-state index in [1.165, 1.54) is 16.4 Å². The molecule has 2 N–H and O–H groups in total. The average Bonchev–Trinajstić information content (AvgIpc) is 2.86. The highest BCUT2D eigenvalue weighted by Gasteiger charge is 2.33. The lowest BCUT2D eigenvalue weighted by Gasteiger charge is -2.27. The molecule has 106 valence electrons. The predicted octanol–water partition coefficient (Wildman–Crippen LogP) is 2.36. The van der Waals surface area contributed by atoms with Crippen molar-refractivity contribution in [2.24, 2.45) is 0 Å². The number of sulfonamides is 1. The average molecular weight is 286 g/mol. The Hall–Kier alpha value is -1.14. The van der Waals surface area contributed by atoms with Crippen LogP contribution in [0.4, 0.5) is 10.1 Å². The van der Waals surface area contributed by atoms with Gasteiger partial charge in [-0.1, -0.05) is 19.8 Å². The zero-order valence-corrected chi connectivity index (χ0v) is 11.8. The molecule has 0 radical (unpaired) electrons. The van der Waals surface area contributed by atoms with Crippen molar-refractivity contribution in [1.29, 1.82) is 0 Å². The minimum absolute atomic E-state index is 0.0177. The molecule has 1 saturated carbocycles. The Morgan fingerprint density at radius 1 is 1.37 bits per heavy atom. The summed E-state index contributed by atoms with van der Waals surface area (Å²) >= 11 is 0. The highest BCUT2D eigenvalue weighted by molar-refractivity contribution is 7.89. The van der Waals surface area contributed by atoms with E-state index in [4.69, 9.17) is 5.73 Å². The third-order valence-electron chi connectivity index (χ3n) is 3.59. The Kier molecular flexibility index (Phi) is 4.10. The van der Waals surface area contributed by atoms with Gasteiger partial charge in [-0.05, 0) is 31.0 Å². The Balaban J connectivity index is 2.42. The second kappa shape index (κ2) is 5.46. The van der Waals surface area contributed by atoms with Crippen LogP contribution in [0.25, 0.3) is 0 Å². The lowest BCUT2D eigenvalue weighted by Crippen LogP contribution is -2.39. The third-order valence-corrected chi connectivity index (χ3v) is 5.63. The van der Waals surface area contributed by atoms with Crippen molar-refractivity contribution >= 4 is 15.7 Å². The molecular formula is C13H19FN2O2S. The topological polar surface area (TPSA) is 63.4 Å². The second-order valence-corrected chi connectivity index (χ2v) is 6.70. The van der Waals surface area contributed by atoms with Crippen LogP contribution in [0.1, 0.15) is 32.6 Å². The summed E-state index contributed by atoms with van der Waals surface area (Å²) in [5.74, 6) is -0.745. The predicted molar refractivity (Wildman–Crippen MR) is 72.6 cm³/mol. The van der Waals surface area contributed by atoms with Gasteiger partial charge in [0.1, 0.15) is 10.7 Å². The first-order valence-corrected chi connectivity index (χ1v) is 7.97. The SMILES string of the molecule is CCN(C1CCCC1)S(=O)(=O)c1cc(N)ccc1F. The highest BCUT2D eigenvalue weighted by Crippen LogP contribution is 2.30. The molecule has 0 aliphatic heterocycles. The molecule has 1 aromatic carbocycles. The maximum atomic E-state index is 13.8. The minimum Gasteiger partial charge on any atom is -0.399 e. The Bertz CT molecular complexity index is 554. The van der Waals surface area contributed by atoms with E-state index in [9.17, 15) is 12.8 Å². The van der Waals surface area contributed by atoms with Gasteiger partial charge in [0, 0.05) is 18.3 Å². The molecule has 0 bridgehead atoms. The van der Waals surface area contributed by atoms with E-state index in [-0.39, 0.29) is 16.6 Å². The first-order chi connectivity index (χ1) is 8.96. The van der Waals surface area contributed by atoms with Crippen LogP contribution in [0.2, 0.25) is 0 Å². The number of nitrogen functional groups attached to an aromatic ring is 1. The highest BCUT2D eigenvalue weighted by atomic mass is 32.2. The minimum atomic E-state index is -3.81. The van der Waals surface area contributed by atoms with Crippen molar-refractivity contribution in [3.63, 3.8) is 0 Å². The van der Waals surface area contributed by atoms with Crippen LogP contribution < -0.4 is 5.73 Å². The summed E-state index contributed by atoms with van der Waals surface area (Å²) < 4.78 is 40.3. The monoisotopic (exact) mass is 286 g/mol. The van der Waals surface area contributed by atoms with Gasteiger partial charge in [0.2, 0.25) is 10.0 Å². The van der Waals surface area contributed by atoms with Crippen LogP contribution in [0.3, 0.4) is 0 Å². The van der Waals surface area contributed by atoms with Crippen LogP contribution in [0, 0.1) is 5.82 Å². The van der Waals surface area contributed by atoms with Crippen LogP contribution in [-0.2, 0) is 10.0 Å². The number of nitrogens with two attached hydrogens (primary N) is 1. The molecule has 0 aromatic heterocycles. The maximum Gasteiger partial charge on any atom is 0.246 e. The molecular weight excluding hydrogens is 267 g/mol. The fourth-order valence-electron chi connectivity index (χ4n) is 2.66. The summed E-state index contributed by atoms with van der Waals surface area (Å²) in [5.41, 5.74) is 5.82. The molecule has 1 aliphatic rings. The quantitative estimate of drug-likeness (QED) is 0.864. The molecule has 0 atom stereocenters. The van der Waals surface area contributed by atoms with Gasteiger partial charge in [0.25, 0.3) is 0 Å². The van der Waals surface area contributed by atoms with E-state index >= 15 is 0 Å². The number of anilines is 1. The smallest absolute Gasteiger partial charge is 0.246 e. The van der Waals surface area contributed by atoms with Gasteiger partial charge in [0.05, 0.1) is 0 Å². The summed E-state index contributed by atoms with van der Waals surface area (Å²) in [6, 6.07) is 3.64. The van der Waals surface area contributed by atoms with Crippen molar-refractivity contribution in [1.82, 2.24) is 4.31 Å². The van der Waals surface area contributed by atoms with Gasteiger partial charge >= 0.3 is 0 Å². The Morgan fingerprint density at radius 3 is 2.58 bits per heavy atom. The molecule has 1 aromatic rings. The second-order valence-electron chi connectivity index (χ2n) is 4.84. The maximum absolute atomic E-state index is 13.8. The fraction of sp³-hybridized carbons (Fsp3) is 0.538. The van der Waals surface area contributed by atoms with Crippen LogP contribution in [0.5, 0.6) is 0 Å². The van der Waals surface area contributed by atoms with Gasteiger partial charge in [-0.3, -0.25) is 0 Å². The van der Waals surface area contributed by atoms with Crippen LogP contribution in [0.15, 0.2) is 23.1 Å². The molecule has 19 heavy (non-hydrogen) atoms.